The van der Waals surface area contributed by atoms with E-state index in [0.29, 0.717) is 11.3 Å². The summed E-state index contributed by atoms with van der Waals surface area (Å²) in [6, 6.07) is 6.97. The smallest absolute Gasteiger partial charge is 0.286 e. The Morgan fingerprint density at radius 3 is 2.82 bits per heavy atom. The van der Waals surface area contributed by atoms with Gasteiger partial charge in [0.2, 0.25) is 9.47 Å². The summed E-state index contributed by atoms with van der Waals surface area (Å²) in [5.74, 6) is -0.393. The number of aromatic nitrogens is 2. The van der Waals surface area contributed by atoms with Crippen LogP contribution < -0.4 is 5.32 Å². The van der Waals surface area contributed by atoms with Crippen molar-refractivity contribution < 1.29 is 9.90 Å². The van der Waals surface area contributed by atoms with Crippen molar-refractivity contribution in [3.05, 3.63) is 39.3 Å². The zero-order chi connectivity index (χ0) is 12.3. The van der Waals surface area contributed by atoms with E-state index in [2.05, 4.69) is 15.5 Å². The number of aliphatic hydroxyl groups is 1. The van der Waals surface area contributed by atoms with Crippen LogP contribution in [0.4, 0.5) is 5.69 Å². The Hall–Kier alpha value is -1.50. The lowest BCUT2D eigenvalue weighted by atomic mass is 10.2. The van der Waals surface area contributed by atoms with Crippen LogP contribution in [0.1, 0.15) is 15.4 Å². The molecule has 0 spiro atoms. The molecule has 0 bridgehead atoms. The van der Waals surface area contributed by atoms with Gasteiger partial charge in [-0.1, -0.05) is 29.5 Å². The maximum absolute atomic E-state index is 11.8. The summed E-state index contributed by atoms with van der Waals surface area (Å²) in [6.07, 6.45) is 0. The number of nitrogens with zero attached hydrogens (tertiary/aromatic N) is 2. The van der Waals surface area contributed by atoms with Gasteiger partial charge in [0.05, 0.1) is 6.61 Å². The number of carbonyl (C=O) groups is 1. The number of amides is 1. The molecule has 0 radical (unpaired) electrons. The summed E-state index contributed by atoms with van der Waals surface area (Å²) in [5, 5.41) is 19.1. The van der Waals surface area contributed by atoms with Gasteiger partial charge in [0.1, 0.15) is 0 Å². The number of carbonyl (C=O) groups excluding carboxylic acids is 1. The lowest BCUT2D eigenvalue weighted by Gasteiger charge is -2.07. The van der Waals surface area contributed by atoms with E-state index in [1.807, 2.05) is 0 Å². The Bertz CT molecular complexity index is 544. The number of anilines is 1. The lowest BCUT2D eigenvalue weighted by molar-refractivity contribution is 0.102. The number of rotatable bonds is 3. The molecule has 0 unspecified atom stereocenters. The van der Waals surface area contributed by atoms with Gasteiger partial charge in [0.25, 0.3) is 5.91 Å². The number of aliphatic hydroxyl groups excluding tert-OH is 1. The van der Waals surface area contributed by atoms with Crippen molar-refractivity contribution in [1.82, 2.24) is 10.2 Å². The van der Waals surface area contributed by atoms with Crippen LogP contribution >= 0.6 is 22.9 Å². The maximum Gasteiger partial charge on any atom is 0.286 e. The molecule has 2 rings (SSSR count). The van der Waals surface area contributed by atoms with Gasteiger partial charge in [0.15, 0.2) is 0 Å². The number of para-hydroxylation sites is 1. The second-order valence-electron chi connectivity index (χ2n) is 3.13. The Morgan fingerprint density at radius 2 is 2.18 bits per heavy atom. The van der Waals surface area contributed by atoms with Crippen LogP contribution in [0.25, 0.3) is 0 Å². The molecule has 0 aliphatic heterocycles. The average Bonchev–Trinajstić information content (AvgIpc) is 2.77. The first-order valence-corrected chi connectivity index (χ1v) is 5.89. The third-order valence-corrected chi connectivity index (χ3v) is 3.05. The van der Waals surface area contributed by atoms with Crippen LogP contribution in [0, 0.1) is 0 Å². The van der Waals surface area contributed by atoms with Crippen LogP contribution in [-0.4, -0.2) is 21.2 Å². The number of hydrogen-bond donors (Lipinski definition) is 2. The zero-order valence-electron chi connectivity index (χ0n) is 8.55. The number of benzene rings is 1. The van der Waals surface area contributed by atoms with Gasteiger partial charge >= 0.3 is 0 Å². The highest BCUT2D eigenvalue weighted by atomic mass is 35.5. The fourth-order valence-electron chi connectivity index (χ4n) is 1.25. The van der Waals surface area contributed by atoms with Gasteiger partial charge in [-0.3, -0.25) is 4.79 Å². The molecule has 7 heteroatoms. The standard InChI is InChI=1S/C10H8ClN3O2S/c11-10-14-13-9(17-10)8(16)12-7-4-2-1-3-6(7)5-15/h1-4,15H,5H2,(H,12,16). The second kappa shape index (κ2) is 5.22. The molecular formula is C10H8ClN3O2S. The summed E-state index contributed by atoms with van der Waals surface area (Å²) >= 11 is 6.59. The molecule has 88 valence electrons. The fourth-order valence-corrected chi connectivity index (χ4v) is 1.98. The Morgan fingerprint density at radius 1 is 1.41 bits per heavy atom. The van der Waals surface area contributed by atoms with Crippen molar-refractivity contribution in [2.45, 2.75) is 6.61 Å². The normalized spacial score (nSPS) is 10.2. The van der Waals surface area contributed by atoms with E-state index < -0.39 is 5.91 Å². The van der Waals surface area contributed by atoms with Crippen LogP contribution in [0.3, 0.4) is 0 Å². The van der Waals surface area contributed by atoms with Crippen LogP contribution in [0.2, 0.25) is 4.47 Å². The maximum atomic E-state index is 11.8. The van der Waals surface area contributed by atoms with Crippen molar-refractivity contribution >= 4 is 34.5 Å². The fraction of sp³-hybridized carbons (Fsp3) is 0.100. The van der Waals surface area contributed by atoms with Gasteiger partial charge < -0.3 is 10.4 Å². The molecule has 5 nitrogen and oxygen atoms in total. The number of hydrogen-bond acceptors (Lipinski definition) is 5. The molecule has 0 fully saturated rings. The number of nitrogens with one attached hydrogen (secondary N) is 1. The van der Waals surface area contributed by atoms with E-state index >= 15 is 0 Å². The van der Waals surface area contributed by atoms with Crippen LogP contribution in [0.15, 0.2) is 24.3 Å². The minimum absolute atomic E-state index is 0.146. The monoisotopic (exact) mass is 269 g/mol. The summed E-state index contributed by atoms with van der Waals surface area (Å²) in [7, 11) is 0. The molecule has 1 aromatic carbocycles. The van der Waals surface area contributed by atoms with Gasteiger partial charge in [-0.25, -0.2) is 0 Å². The topological polar surface area (TPSA) is 75.1 Å². The highest BCUT2D eigenvalue weighted by molar-refractivity contribution is 7.17. The highest BCUT2D eigenvalue weighted by Gasteiger charge is 2.13. The molecule has 1 aromatic heterocycles. The summed E-state index contributed by atoms with van der Waals surface area (Å²) in [4.78, 5) is 11.8. The van der Waals surface area contributed by atoms with Crippen LogP contribution in [0.5, 0.6) is 0 Å². The minimum atomic E-state index is -0.393. The molecule has 1 amide bonds. The molecule has 2 aromatic rings. The predicted octanol–water partition coefficient (Wildman–Crippen LogP) is 1.94. The average molecular weight is 270 g/mol. The number of halogens is 1. The summed E-state index contributed by atoms with van der Waals surface area (Å²) < 4.78 is 0.214. The Labute approximate surface area is 106 Å². The molecule has 0 aliphatic carbocycles. The van der Waals surface area contributed by atoms with Crippen molar-refractivity contribution in [2.75, 3.05) is 5.32 Å². The van der Waals surface area contributed by atoms with E-state index in [4.69, 9.17) is 16.7 Å². The van der Waals surface area contributed by atoms with Crippen molar-refractivity contribution in [1.29, 1.82) is 0 Å². The lowest BCUT2D eigenvalue weighted by Crippen LogP contribution is -2.13. The molecule has 0 saturated heterocycles. The highest BCUT2D eigenvalue weighted by Crippen LogP contribution is 2.19. The van der Waals surface area contributed by atoms with Crippen molar-refractivity contribution in [3.63, 3.8) is 0 Å². The van der Waals surface area contributed by atoms with Gasteiger partial charge in [-0.2, -0.15) is 0 Å². The Kier molecular flexibility index (Phi) is 3.68. The van der Waals surface area contributed by atoms with Gasteiger partial charge in [-0.05, 0) is 17.7 Å². The Balaban J connectivity index is 2.18. The molecule has 1 heterocycles. The molecule has 0 saturated carbocycles. The molecule has 0 atom stereocenters. The predicted molar refractivity (Wildman–Crippen MR) is 65.2 cm³/mol. The molecular weight excluding hydrogens is 262 g/mol. The molecule has 0 aliphatic rings. The van der Waals surface area contributed by atoms with Gasteiger partial charge in [-0.15, -0.1) is 10.2 Å². The SMILES string of the molecule is O=C(Nc1ccccc1CO)c1nnc(Cl)s1. The van der Waals surface area contributed by atoms with E-state index in [0.717, 1.165) is 11.3 Å². The van der Waals surface area contributed by atoms with Crippen molar-refractivity contribution in [3.8, 4) is 0 Å². The zero-order valence-corrected chi connectivity index (χ0v) is 10.1. The van der Waals surface area contributed by atoms with Gasteiger partial charge in [0, 0.05) is 11.3 Å². The first-order chi connectivity index (χ1) is 8.20. The minimum Gasteiger partial charge on any atom is -0.392 e. The first-order valence-electron chi connectivity index (χ1n) is 4.70. The molecule has 2 N–H and O–H groups in total. The van der Waals surface area contributed by atoms with Crippen molar-refractivity contribution in [2.24, 2.45) is 0 Å². The largest absolute Gasteiger partial charge is 0.392 e. The quantitative estimate of drug-likeness (QED) is 0.893. The first kappa shape index (κ1) is 12.0. The van der Waals surface area contributed by atoms with E-state index in [1.54, 1.807) is 24.3 Å². The van der Waals surface area contributed by atoms with Crippen LogP contribution in [-0.2, 0) is 6.61 Å². The van der Waals surface area contributed by atoms with E-state index in [1.165, 1.54) is 0 Å². The third-order valence-electron chi connectivity index (χ3n) is 2.03. The third kappa shape index (κ3) is 2.79. The second-order valence-corrected chi connectivity index (χ2v) is 4.69. The van der Waals surface area contributed by atoms with E-state index in [9.17, 15) is 4.79 Å². The summed E-state index contributed by atoms with van der Waals surface area (Å²) in [5.41, 5.74) is 1.18. The molecule has 17 heavy (non-hydrogen) atoms. The summed E-state index contributed by atoms with van der Waals surface area (Å²) in [6.45, 7) is -0.146. The van der Waals surface area contributed by atoms with E-state index in [-0.39, 0.29) is 16.1 Å².